The van der Waals surface area contributed by atoms with Crippen LogP contribution in [0.4, 0.5) is 9.18 Å². The van der Waals surface area contributed by atoms with E-state index in [1.807, 2.05) is 24.3 Å². The Kier molecular flexibility index (Phi) is 5.50. The molecule has 2 unspecified atom stereocenters. The first-order valence-electron chi connectivity index (χ1n) is 8.32. The number of aliphatic hydroxyl groups is 1. The van der Waals surface area contributed by atoms with Gasteiger partial charge in [-0.05, 0) is 41.8 Å². The predicted molar refractivity (Wildman–Crippen MR) is 91.9 cm³/mol. The summed E-state index contributed by atoms with van der Waals surface area (Å²) in [5.41, 5.74) is 2.03. The summed E-state index contributed by atoms with van der Waals surface area (Å²) in [5.74, 6) is 0.290. The molecular formula is C19H21FN2O3. The van der Waals surface area contributed by atoms with Crippen LogP contribution in [0.3, 0.4) is 0 Å². The largest absolute Gasteiger partial charge is 0.494 e. The van der Waals surface area contributed by atoms with Gasteiger partial charge in [0.2, 0.25) is 0 Å². The molecular weight excluding hydrogens is 323 g/mol. The van der Waals surface area contributed by atoms with Crippen LogP contribution >= 0.6 is 0 Å². The molecule has 0 aliphatic heterocycles. The molecule has 2 atom stereocenters. The molecule has 25 heavy (non-hydrogen) atoms. The maximum absolute atomic E-state index is 12.8. The van der Waals surface area contributed by atoms with Crippen molar-refractivity contribution in [1.82, 2.24) is 10.6 Å². The quantitative estimate of drug-likeness (QED) is 0.706. The number of amides is 2. The summed E-state index contributed by atoms with van der Waals surface area (Å²) in [4.78, 5) is 12.0. The maximum Gasteiger partial charge on any atom is 0.315 e. The maximum atomic E-state index is 12.8. The number of carbonyl (C=O) groups excluding carboxylic acids is 1. The van der Waals surface area contributed by atoms with Crippen molar-refractivity contribution in [3.8, 4) is 5.75 Å². The van der Waals surface area contributed by atoms with Crippen LogP contribution in [0.2, 0.25) is 0 Å². The van der Waals surface area contributed by atoms with E-state index < -0.39 is 6.10 Å². The van der Waals surface area contributed by atoms with E-state index in [4.69, 9.17) is 4.74 Å². The first kappa shape index (κ1) is 17.2. The number of ether oxygens (including phenoxy) is 1. The third kappa shape index (κ3) is 4.48. The minimum Gasteiger partial charge on any atom is -0.494 e. The summed E-state index contributed by atoms with van der Waals surface area (Å²) in [6, 6.07) is 12.8. The van der Waals surface area contributed by atoms with Crippen molar-refractivity contribution in [2.75, 3.05) is 13.2 Å². The molecule has 2 amide bonds. The Labute approximate surface area is 145 Å². The lowest BCUT2D eigenvalue weighted by Gasteiger charge is -2.18. The highest BCUT2D eigenvalue weighted by Gasteiger charge is 2.31. The van der Waals surface area contributed by atoms with Crippen molar-refractivity contribution in [2.24, 2.45) is 0 Å². The van der Waals surface area contributed by atoms with E-state index in [9.17, 15) is 14.3 Å². The van der Waals surface area contributed by atoms with Gasteiger partial charge >= 0.3 is 6.03 Å². The van der Waals surface area contributed by atoms with E-state index in [0.717, 1.165) is 11.1 Å². The molecule has 132 valence electrons. The van der Waals surface area contributed by atoms with Crippen molar-refractivity contribution >= 4 is 6.03 Å². The van der Waals surface area contributed by atoms with Gasteiger partial charge in [-0.25, -0.2) is 9.18 Å². The molecule has 2 aromatic rings. The van der Waals surface area contributed by atoms with Crippen molar-refractivity contribution < 1.29 is 19.0 Å². The Bertz CT molecular complexity index is 721. The smallest absolute Gasteiger partial charge is 0.315 e. The summed E-state index contributed by atoms with van der Waals surface area (Å²) in [5, 5.41) is 15.7. The van der Waals surface area contributed by atoms with Gasteiger partial charge in [-0.3, -0.25) is 0 Å². The van der Waals surface area contributed by atoms with Gasteiger partial charge in [0.25, 0.3) is 0 Å². The van der Waals surface area contributed by atoms with Crippen molar-refractivity contribution in [3.05, 3.63) is 65.5 Å². The number of hydrogen-bond donors (Lipinski definition) is 3. The number of benzene rings is 2. The number of halogens is 1. The van der Waals surface area contributed by atoms with Crippen LogP contribution in [0, 0.1) is 5.82 Å². The van der Waals surface area contributed by atoms with Gasteiger partial charge in [0.15, 0.2) is 0 Å². The highest BCUT2D eigenvalue weighted by Crippen LogP contribution is 2.30. The van der Waals surface area contributed by atoms with Crippen LogP contribution in [0.1, 0.15) is 23.6 Å². The third-order valence-corrected chi connectivity index (χ3v) is 4.18. The van der Waals surface area contributed by atoms with Crippen LogP contribution < -0.4 is 15.4 Å². The van der Waals surface area contributed by atoms with Crippen LogP contribution in [-0.2, 0) is 6.42 Å². The Morgan fingerprint density at radius 1 is 1.20 bits per heavy atom. The standard InChI is InChI=1S/C19H21FN2O3/c20-14-6-8-15(9-7-14)25-11-3-10-21-19(24)22-18-16-5-2-1-4-13(16)12-17(18)23/h1-2,4-9,17-18,23H,3,10-12H2,(H2,21,22,24). The molecule has 0 spiro atoms. The highest BCUT2D eigenvalue weighted by atomic mass is 19.1. The molecule has 6 heteroatoms. The molecule has 2 aromatic carbocycles. The molecule has 1 aliphatic rings. The second kappa shape index (κ2) is 7.98. The monoisotopic (exact) mass is 344 g/mol. The van der Waals surface area contributed by atoms with Gasteiger partial charge in [0.05, 0.1) is 18.8 Å². The molecule has 1 aliphatic carbocycles. The number of hydrogen-bond acceptors (Lipinski definition) is 3. The zero-order valence-corrected chi connectivity index (χ0v) is 13.7. The SMILES string of the molecule is O=C(NCCCOc1ccc(F)cc1)NC1c2ccccc2CC1O. The number of rotatable bonds is 6. The molecule has 0 aromatic heterocycles. The lowest BCUT2D eigenvalue weighted by molar-refractivity contribution is 0.142. The second-order valence-corrected chi connectivity index (χ2v) is 6.00. The van der Waals surface area contributed by atoms with Crippen LogP contribution in [0.15, 0.2) is 48.5 Å². The molecule has 3 rings (SSSR count). The topological polar surface area (TPSA) is 70.6 Å². The minimum atomic E-state index is -0.607. The van der Waals surface area contributed by atoms with E-state index in [-0.39, 0.29) is 17.9 Å². The van der Waals surface area contributed by atoms with E-state index in [2.05, 4.69) is 10.6 Å². The van der Waals surface area contributed by atoms with E-state index in [1.165, 1.54) is 12.1 Å². The molecule has 0 fully saturated rings. The Balaban J connectivity index is 1.38. The lowest BCUT2D eigenvalue weighted by atomic mass is 10.1. The zero-order chi connectivity index (χ0) is 17.6. The lowest BCUT2D eigenvalue weighted by Crippen LogP contribution is -2.41. The highest BCUT2D eigenvalue weighted by molar-refractivity contribution is 5.74. The summed E-state index contributed by atoms with van der Waals surface area (Å²) in [6.07, 6.45) is 0.561. The van der Waals surface area contributed by atoms with E-state index in [1.54, 1.807) is 12.1 Å². The average molecular weight is 344 g/mol. The van der Waals surface area contributed by atoms with Gasteiger partial charge in [-0.1, -0.05) is 24.3 Å². The summed E-state index contributed by atoms with van der Waals surface area (Å²) in [6.45, 7) is 0.859. The molecule has 0 heterocycles. The van der Waals surface area contributed by atoms with E-state index >= 15 is 0 Å². The second-order valence-electron chi connectivity index (χ2n) is 6.00. The minimum absolute atomic E-state index is 0.304. The number of aliphatic hydroxyl groups excluding tert-OH is 1. The Morgan fingerprint density at radius 2 is 1.96 bits per heavy atom. The molecule has 0 saturated carbocycles. The molecule has 0 bridgehead atoms. The molecule has 0 radical (unpaired) electrons. The summed E-state index contributed by atoms with van der Waals surface area (Å²) < 4.78 is 18.2. The van der Waals surface area contributed by atoms with Gasteiger partial charge in [-0.15, -0.1) is 0 Å². The normalized spacial score (nSPS) is 18.5. The van der Waals surface area contributed by atoms with Crippen molar-refractivity contribution in [1.29, 1.82) is 0 Å². The number of nitrogens with one attached hydrogen (secondary N) is 2. The first-order valence-corrected chi connectivity index (χ1v) is 8.32. The predicted octanol–water partition coefficient (Wildman–Crippen LogP) is 2.55. The summed E-state index contributed by atoms with van der Waals surface area (Å²) in [7, 11) is 0. The van der Waals surface area contributed by atoms with Gasteiger partial charge in [0, 0.05) is 13.0 Å². The van der Waals surface area contributed by atoms with Gasteiger partial charge < -0.3 is 20.5 Å². The fourth-order valence-electron chi connectivity index (χ4n) is 2.94. The number of urea groups is 1. The fourth-order valence-corrected chi connectivity index (χ4v) is 2.94. The Hall–Kier alpha value is -2.60. The van der Waals surface area contributed by atoms with E-state index in [0.29, 0.717) is 31.7 Å². The van der Waals surface area contributed by atoms with Crippen LogP contribution in [0.25, 0.3) is 0 Å². The first-order chi connectivity index (χ1) is 12.1. The molecule has 0 saturated heterocycles. The Morgan fingerprint density at radius 3 is 2.76 bits per heavy atom. The molecule has 3 N–H and O–H groups in total. The molecule has 5 nitrogen and oxygen atoms in total. The van der Waals surface area contributed by atoms with Gasteiger partial charge in [0.1, 0.15) is 11.6 Å². The van der Waals surface area contributed by atoms with Crippen LogP contribution in [-0.4, -0.2) is 30.4 Å². The van der Waals surface area contributed by atoms with Crippen molar-refractivity contribution in [2.45, 2.75) is 25.0 Å². The summed E-state index contributed by atoms with van der Waals surface area (Å²) >= 11 is 0. The van der Waals surface area contributed by atoms with Crippen molar-refractivity contribution in [3.63, 3.8) is 0 Å². The van der Waals surface area contributed by atoms with Crippen LogP contribution in [0.5, 0.6) is 5.75 Å². The average Bonchev–Trinajstić information content (AvgIpc) is 2.92. The zero-order valence-electron chi connectivity index (χ0n) is 13.7. The van der Waals surface area contributed by atoms with Gasteiger partial charge in [-0.2, -0.15) is 0 Å². The number of carbonyl (C=O) groups is 1. The third-order valence-electron chi connectivity index (χ3n) is 4.18. The fraction of sp³-hybridized carbons (Fsp3) is 0.316. The number of fused-ring (bicyclic) bond motifs is 1.